The summed E-state index contributed by atoms with van der Waals surface area (Å²) >= 11 is 1.14. The average molecular weight is 120 g/mol. The van der Waals surface area contributed by atoms with Crippen molar-refractivity contribution in [2.75, 3.05) is 6.26 Å². The van der Waals surface area contributed by atoms with Crippen molar-refractivity contribution in [3.8, 4) is 0 Å². The van der Waals surface area contributed by atoms with E-state index in [1.165, 1.54) is 6.92 Å². The Kier molecular flexibility index (Phi) is 3.04. The fraction of sp³-hybridized carbons (Fsp3) is 0.750. The summed E-state index contributed by atoms with van der Waals surface area (Å²) in [6.07, 6.45) is 1.69. The molecule has 0 aromatic rings. The normalized spacial score (nSPS) is 13.6. The molecule has 0 radical (unpaired) electrons. The lowest BCUT2D eigenvalue weighted by atomic mass is 10.5. The molecule has 0 fully saturated rings. The van der Waals surface area contributed by atoms with Crippen LogP contribution in [0, 0.1) is 0 Å². The first-order valence-electron chi connectivity index (χ1n) is 1.89. The van der Waals surface area contributed by atoms with Gasteiger partial charge in [0.2, 0.25) is 0 Å². The number of carbonyl (C=O) groups excluding carboxylic acids is 1. The summed E-state index contributed by atoms with van der Waals surface area (Å²) in [6, 6.07) is 0. The molecule has 0 bridgehead atoms. The third-order valence-electron chi connectivity index (χ3n) is 0.571. The van der Waals surface area contributed by atoms with Crippen LogP contribution in [0.1, 0.15) is 6.92 Å². The van der Waals surface area contributed by atoms with Crippen LogP contribution in [0.15, 0.2) is 0 Å². The summed E-state index contributed by atoms with van der Waals surface area (Å²) in [5.74, 6) is -0.187. The first-order chi connectivity index (χ1) is 3.18. The maximum absolute atomic E-state index is 10.1. The molecule has 7 heavy (non-hydrogen) atoms. The maximum Gasteiger partial charge on any atom is 0.168 e. The second-order valence-corrected chi connectivity index (χ2v) is 2.12. The van der Waals surface area contributed by atoms with E-state index in [2.05, 4.69) is 0 Å². The Hall–Kier alpha value is -0.0200. The Bertz CT molecular complexity index is 72.1. The Labute approximate surface area is 46.9 Å². The zero-order valence-electron chi connectivity index (χ0n) is 4.34. The van der Waals surface area contributed by atoms with Crippen LogP contribution in [-0.2, 0) is 4.79 Å². The zero-order chi connectivity index (χ0) is 5.86. The van der Waals surface area contributed by atoms with E-state index in [-0.39, 0.29) is 5.78 Å². The Balaban J connectivity index is 3.34. The number of rotatable bonds is 2. The van der Waals surface area contributed by atoms with Crippen LogP contribution < -0.4 is 0 Å². The fourth-order valence-corrected chi connectivity index (χ4v) is 0.498. The molecule has 0 aromatic heterocycles. The first-order valence-corrected chi connectivity index (χ1v) is 3.18. The predicted molar refractivity (Wildman–Crippen MR) is 30.2 cm³/mol. The van der Waals surface area contributed by atoms with Crippen molar-refractivity contribution in [2.24, 2.45) is 0 Å². The highest BCUT2D eigenvalue weighted by Gasteiger charge is 2.04. The average Bonchev–Trinajstić information content (AvgIpc) is 1.65. The van der Waals surface area contributed by atoms with E-state index < -0.39 is 5.44 Å². The van der Waals surface area contributed by atoms with Gasteiger partial charge in [-0.25, -0.2) is 0 Å². The highest BCUT2D eigenvalue weighted by Crippen LogP contribution is 2.01. The lowest BCUT2D eigenvalue weighted by Gasteiger charge is -1.97. The zero-order valence-corrected chi connectivity index (χ0v) is 5.16. The molecule has 1 unspecified atom stereocenters. The van der Waals surface area contributed by atoms with Crippen LogP contribution in [0.4, 0.5) is 0 Å². The predicted octanol–water partition coefficient (Wildman–Crippen LogP) is 0.257. The van der Waals surface area contributed by atoms with E-state index in [9.17, 15) is 4.79 Å². The van der Waals surface area contributed by atoms with Gasteiger partial charge in [-0.15, -0.1) is 11.8 Å². The quantitative estimate of drug-likeness (QED) is 0.531. The van der Waals surface area contributed by atoms with Gasteiger partial charge in [0.15, 0.2) is 11.2 Å². The monoisotopic (exact) mass is 120 g/mol. The van der Waals surface area contributed by atoms with Crippen molar-refractivity contribution in [3.05, 3.63) is 0 Å². The van der Waals surface area contributed by atoms with Gasteiger partial charge in [0.1, 0.15) is 0 Å². The molecule has 0 spiro atoms. The third-order valence-corrected chi connectivity index (χ3v) is 1.35. The molecule has 0 amide bonds. The highest BCUT2D eigenvalue weighted by molar-refractivity contribution is 7.99. The summed E-state index contributed by atoms with van der Waals surface area (Å²) < 4.78 is 0. The topological polar surface area (TPSA) is 37.3 Å². The molecule has 42 valence electrons. The van der Waals surface area contributed by atoms with E-state index >= 15 is 0 Å². The van der Waals surface area contributed by atoms with Gasteiger partial charge >= 0.3 is 0 Å². The number of carbonyl (C=O) groups is 1. The molecule has 1 N–H and O–H groups in total. The molecule has 1 atom stereocenters. The van der Waals surface area contributed by atoms with Crippen LogP contribution in [0.3, 0.4) is 0 Å². The van der Waals surface area contributed by atoms with Gasteiger partial charge in [-0.2, -0.15) is 0 Å². The summed E-state index contributed by atoms with van der Waals surface area (Å²) in [7, 11) is 0. The standard InChI is InChI=1S/C4H8O2S/c1-3(5)4(6)7-2/h4,6H,1-2H3. The summed E-state index contributed by atoms with van der Waals surface area (Å²) in [5.41, 5.74) is -0.819. The molecule has 0 heterocycles. The number of hydrogen-bond acceptors (Lipinski definition) is 3. The van der Waals surface area contributed by atoms with Crippen molar-refractivity contribution >= 4 is 17.5 Å². The van der Waals surface area contributed by atoms with Crippen LogP contribution in [-0.4, -0.2) is 22.6 Å². The van der Waals surface area contributed by atoms with Crippen molar-refractivity contribution in [3.63, 3.8) is 0 Å². The van der Waals surface area contributed by atoms with Gasteiger partial charge in [-0.05, 0) is 13.2 Å². The van der Waals surface area contributed by atoms with Gasteiger partial charge in [-0.3, -0.25) is 4.79 Å². The van der Waals surface area contributed by atoms with Crippen LogP contribution >= 0.6 is 11.8 Å². The van der Waals surface area contributed by atoms with Gasteiger partial charge in [0.25, 0.3) is 0 Å². The van der Waals surface area contributed by atoms with Crippen LogP contribution in [0.5, 0.6) is 0 Å². The summed E-state index contributed by atoms with van der Waals surface area (Å²) in [4.78, 5) is 10.1. The van der Waals surface area contributed by atoms with Gasteiger partial charge < -0.3 is 5.11 Å². The van der Waals surface area contributed by atoms with Crippen molar-refractivity contribution in [1.82, 2.24) is 0 Å². The van der Waals surface area contributed by atoms with E-state index in [1.807, 2.05) is 0 Å². The SMILES string of the molecule is CSC(O)C(C)=O. The van der Waals surface area contributed by atoms with Gasteiger partial charge in [-0.1, -0.05) is 0 Å². The van der Waals surface area contributed by atoms with E-state index in [1.54, 1.807) is 6.26 Å². The number of ketones is 1. The summed E-state index contributed by atoms with van der Waals surface area (Å²) in [6.45, 7) is 1.36. The maximum atomic E-state index is 10.1. The lowest BCUT2D eigenvalue weighted by Crippen LogP contribution is -2.10. The molecule has 0 aliphatic carbocycles. The third kappa shape index (κ3) is 2.65. The van der Waals surface area contributed by atoms with Crippen molar-refractivity contribution in [2.45, 2.75) is 12.4 Å². The molecule has 0 saturated carbocycles. The molecule has 0 aliphatic heterocycles. The number of aliphatic hydroxyl groups excluding tert-OH is 1. The number of hydrogen-bond donors (Lipinski definition) is 1. The Morgan fingerprint density at radius 1 is 1.86 bits per heavy atom. The molecular weight excluding hydrogens is 112 g/mol. The minimum Gasteiger partial charge on any atom is -0.375 e. The largest absolute Gasteiger partial charge is 0.375 e. The van der Waals surface area contributed by atoms with Gasteiger partial charge in [0, 0.05) is 0 Å². The van der Waals surface area contributed by atoms with E-state index in [0.29, 0.717) is 0 Å². The minimum absolute atomic E-state index is 0.187. The first kappa shape index (κ1) is 6.98. The summed E-state index contributed by atoms with van der Waals surface area (Å²) in [5, 5.41) is 8.55. The number of Topliss-reactive ketones (excluding diaryl/α,β-unsaturated/α-hetero) is 1. The Morgan fingerprint density at radius 3 is 2.29 bits per heavy atom. The molecule has 0 rings (SSSR count). The Morgan fingerprint density at radius 2 is 2.29 bits per heavy atom. The number of thioether (sulfide) groups is 1. The van der Waals surface area contributed by atoms with Crippen molar-refractivity contribution < 1.29 is 9.90 Å². The molecule has 2 nitrogen and oxygen atoms in total. The second-order valence-electron chi connectivity index (χ2n) is 1.20. The molecular formula is C4H8O2S. The van der Waals surface area contributed by atoms with Crippen LogP contribution in [0.25, 0.3) is 0 Å². The molecule has 0 aromatic carbocycles. The smallest absolute Gasteiger partial charge is 0.168 e. The van der Waals surface area contributed by atoms with Crippen LogP contribution in [0.2, 0.25) is 0 Å². The minimum atomic E-state index is -0.819. The van der Waals surface area contributed by atoms with E-state index in [4.69, 9.17) is 5.11 Å². The van der Waals surface area contributed by atoms with Gasteiger partial charge in [0.05, 0.1) is 0 Å². The van der Waals surface area contributed by atoms with E-state index in [0.717, 1.165) is 11.8 Å². The molecule has 3 heteroatoms. The highest BCUT2D eigenvalue weighted by atomic mass is 32.2. The lowest BCUT2D eigenvalue weighted by molar-refractivity contribution is -0.121. The fourth-order valence-electron chi connectivity index (χ4n) is 0.166. The molecule has 0 aliphatic rings. The number of aliphatic hydroxyl groups is 1. The second kappa shape index (κ2) is 3.04. The van der Waals surface area contributed by atoms with Crippen molar-refractivity contribution in [1.29, 1.82) is 0 Å². The molecule has 0 saturated heterocycles.